The number of esters is 1. The number of carbonyl (C=O) groups excluding carboxylic acids is 2. The lowest BCUT2D eigenvalue weighted by Gasteiger charge is -2.19. The Morgan fingerprint density at radius 3 is 2.33 bits per heavy atom. The molecule has 1 atom stereocenters. The van der Waals surface area contributed by atoms with Crippen LogP contribution in [0.3, 0.4) is 0 Å². The molecule has 0 aliphatic rings. The fourth-order valence-corrected chi connectivity index (χ4v) is 4.62. The molecule has 0 aliphatic carbocycles. The highest BCUT2D eigenvalue weighted by Crippen LogP contribution is 2.16. The predicted octanol–water partition coefficient (Wildman–Crippen LogP) is 5.78. The molecule has 0 saturated carbocycles. The maximum atomic E-state index is 13.0. The molecule has 0 bridgehead atoms. The van der Waals surface area contributed by atoms with E-state index in [1.54, 1.807) is 0 Å². The number of para-hydroxylation sites is 2. The van der Waals surface area contributed by atoms with Crippen molar-refractivity contribution in [2.24, 2.45) is 7.05 Å². The Bertz CT molecular complexity index is 1190. The smallest absolute Gasteiger partial charge is 0.306 e. The Labute approximate surface area is 238 Å². The molecule has 40 heavy (non-hydrogen) atoms. The fraction of sp³-hybridized carbons (Fsp3) is 0.531. The number of hydrogen-bond acceptors (Lipinski definition) is 6. The van der Waals surface area contributed by atoms with E-state index in [2.05, 4.69) is 21.4 Å². The summed E-state index contributed by atoms with van der Waals surface area (Å²) in [5.41, 5.74) is 5.27. The molecular weight excluding hydrogens is 504 g/mol. The van der Waals surface area contributed by atoms with Crippen molar-refractivity contribution in [2.45, 2.75) is 96.8 Å². The first-order valence-electron chi connectivity index (χ1n) is 14.5. The van der Waals surface area contributed by atoms with E-state index in [4.69, 9.17) is 14.6 Å². The summed E-state index contributed by atoms with van der Waals surface area (Å²) in [6, 6.07) is 17.5. The van der Waals surface area contributed by atoms with Gasteiger partial charge in [0.2, 0.25) is 0 Å². The first-order chi connectivity index (χ1) is 19.2. The van der Waals surface area contributed by atoms with Crippen molar-refractivity contribution in [3.63, 3.8) is 0 Å². The second-order valence-electron chi connectivity index (χ2n) is 11.3. The largest absolute Gasteiger partial charge is 0.460 e. The van der Waals surface area contributed by atoms with Crippen LogP contribution in [0, 0.1) is 0 Å². The third-order valence-electron chi connectivity index (χ3n) is 6.73. The number of amides is 1. The minimum atomic E-state index is -0.418. The van der Waals surface area contributed by atoms with E-state index in [1.807, 2.05) is 76.3 Å². The maximum Gasteiger partial charge on any atom is 0.306 e. The molecule has 0 spiro atoms. The van der Waals surface area contributed by atoms with Crippen molar-refractivity contribution < 1.29 is 19.2 Å². The lowest BCUT2D eigenvalue weighted by molar-refractivity contribution is -0.154. The van der Waals surface area contributed by atoms with Gasteiger partial charge in [-0.25, -0.2) is 10.5 Å². The molecule has 0 saturated heterocycles. The topological polar surface area (TPSA) is 94.5 Å². The Morgan fingerprint density at radius 1 is 0.925 bits per heavy atom. The third kappa shape index (κ3) is 11.1. The van der Waals surface area contributed by atoms with E-state index in [9.17, 15) is 9.59 Å². The Balaban J connectivity index is 1.41. The molecular formula is C32H46N4O4. The first-order valence-corrected chi connectivity index (χ1v) is 14.5. The van der Waals surface area contributed by atoms with E-state index in [0.717, 1.165) is 67.5 Å². The van der Waals surface area contributed by atoms with Crippen LogP contribution >= 0.6 is 0 Å². The molecule has 0 aliphatic heterocycles. The summed E-state index contributed by atoms with van der Waals surface area (Å²) in [6.07, 6.45) is 7.90. The molecule has 1 heterocycles. The molecule has 0 unspecified atom stereocenters. The van der Waals surface area contributed by atoms with Gasteiger partial charge in [-0.3, -0.25) is 14.4 Å². The van der Waals surface area contributed by atoms with Gasteiger partial charge in [0, 0.05) is 19.9 Å². The molecule has 8 nitrogen and oxygen atoms in total. The molecule has 0 radical (unpaired) electrons. The second-order valence-corrected chi connectivity index (χ2v) is 11.3. The fourth-order valence-electron chi connectivity index (χ4n) is 4.62. The van der Waals surface area contributed by atoms with Gasteiger partial charge in [-0.2, -0.15) is 0 Å². The zero-order valence-electron chi connectivity index (χ0n) is 24.6. The van der Waals surface area contributed by atoms with E-state index in [1.165, 1.54) is 0 Å². The van der Waals surface area contributed by atoms with Crippen LogP contribution in [0.25, 0.3) is 11.0 Å². The second kappa shape index (κ2) is 16.1. The zero-order chi connectivity index (χ0) is 28.8. The van der Waals surface area contributed by atoms with Crippen LogP contribution in [-0.2, 0) is 39.2 Å². The van der Waals surface area contributed by atoms with Crippen LogP contribution in [-0.4, -0.2) is 39.6 Å². The van der Waals surface area contributed by atoms with Gasteiger partial charge in [-0.15, -0.1) is 0 Å². The van der Waals surface area contributed by atoms with Crippen LogP contribution < -0.4 is 10.8 Å². The van der Waals surface area contributed by atoms with Gasteiger partial charge in [0.25, 0.3) is 5.91 Å². The lowest BCUT2D eigenvalue weighted by Crippen LogP contribution is -2.44. The van der Waals surface area contributed by atoms with E-state index < -0.39 is 5.60 Å². The van der Waals surface area contributed by atoms with Gasteiger partial charge >= 0.3 is 5.97 Å². The highest BCUT2D eigenvalue weighted by molar-refractivity contribution is 5.80. The summed E-state index contributed by atoms with van der Waals surface area (Å²) in [6.45, 7) is 6.75. The number of carbonyl (C=O) groups is 2. The minimum Gasteiger partial charge on any atom is -0.460 e. The van der Waals surface area contributed by atoms with Crippen LogP contribution in [0.5, 0.6) is 0 Å². The number of nitrogens with zero attached hydrogens (tertiary/aromatic N) is 2. The van der Waals surface area contributed by atoms with Gasteiger partial charge in [0.05, 0.1) is 23.7 Å². The number of nitrogens with one attached hydrogen (secondary N) is 2. The van der Waals surface area contributed by atoms with Crippen LogP contribution in [0.4, 0.5) is 0 Å². The molecule has 3 aromatic rings. The van der Waals surface area contributed by atoms with Gasteiger partial charge in [0.15, 0.2) is 0 Å². The van der Waals surface area contributed by atoms with Crippen molar-refractivity contribution >= 4 is 22.9 Å². The average molecular weight is 551 g/mol. The van der Waals surface area contributed by atoms with Crippen LogP contribution in [0.1, 0.15) is 83.5 Å². The van der Waals surface area contributed by atoms with Crippen LogP contribution in [0.2, 0.25) is 0 Å². The van der Waals surface area contributed by atoms with E-state index in [-0.39, 0.29) is 17.9 Å². The van der Waals surface area contributed by atoms with Crippen molar-refractivity contribution in [1.82, 2.24) is 20.3 Å². The number of hydrogen-bond donors (Lipinski definition) is 2. The number of unbranched alkanes of at least 4 members (excludes halogenated alkanes) is 5. The van der Waals surface area contributed by atoms with Gasteiger partial charge in [-0.05, 0) is 64.3 Å². The summed E-state index contributed by atoms with van der Waals surface area (Å²) in [5.74, 6) is 0.668. The van der Waals surface area contributed by atoms with E-state index in [0.29, 0.717) is 25.9 Å². The van der Waals surface area contributed by atoms with Crippen molar-refractivity contribution in [2.75, 3.05) is 6.54 Å². The third-order valence-corrected chi connectivity index (χ3v) is 6.73. The Hall–Kier alpha value is -3.23. The number of imidazole rings is 1. The van der Waals surface area contributed by atoms with Gasteiger partial charge in [-0.1, -0.05) is 68.1 Å². The number of aromatic nitrogens is 2. The molecule has 2 aromatic carbocycles. The Morgan fingerprint density at radius 2 is 1.60 bits per heavy atom. The SMILES string of the molecule is Cn1c(CC[C@H](NCCCCCCCCC(=O)OC(C)(C)C)C(=O)NOCc2ccccc2)nc2ccccc21. The number of benzene rings is 2. The lowest BCUT2D eigenvalue weighted by atomic mass is 10.1. The highest BCUT2D eigenvalue weighted by Gasteiger charge is 2.20. The summed E-state index contributed by atoms with van der Waals surface area (Å²) in [7, 11) is 2.02. The normalized spacial score (nSPS) is 12.4. The summed E-state index contributed by atoms with van der Waals surface area (Å²) in [5, 5.41) is 3.44. The number of aryl methyl sites for hydroxylation is 2. The molecule has 0 fully saturated rings. The summed E-state index contributed by atoms with van der Waals surface area (Å²) in [4.78, 5) is 35.1. The summed E-state index contributed by atoms with van der Waals surface area (Å²) < 4.78 is 7.46. The highest BCUT2D eigenvalue weighted by atomic mass is 16.6. The van der Waals surface area contributed by atoms with E-state index >= 15 is 0 Å². The average Bonchev–Trinajstić information content (AvgIpc) is 3.24. The van der Waals surface area contributed by atoms with Crippen molar-refractivity contribution in [3.8, 4) is 0 Å². The van der Waals surface area contributed by atoms with Gasteiger partial charge in [0.1, 0.15) is 11.4 Å². The monoisotopic (exact) mass is 550 g/mol. The minimum absolute atomic E-state index is 0.118. The molecule has 1 aromatic heterocycles. The number of ether oxygens (including phenoxy) is 1. The molecule has 1 amide bonds. The standard InChI is InChI=1S/C32H46N4O4/c1-32(2,3)40-30(37)20-12-7-5-6-8-15-23-33-27(31(38)35-39-24-25-16-10-9-11-17-25)21-22-29-34-26-18-13-14-19-28(26)36(29)4/h9-11,13-14,16-19,27,33H,5-8,12,15,20-24H2,1-4H3,(H,35,38)/t27-/m0/s1. The Kier molecular flexibility index (Phi) is 12.6. The quantitative estimate of drug-likeness (QED) is 0.126. The first kappa shape index (κ1) is 31.3. The number of fused-ring (bicyclic) bond motifs is 1. The zero-order valence-corrected chi connectivity index (χ0v) is 24.6. The van der Waals surface area contributed by atoms with Crippen molar-refractivity contribution in [1.29, 1.82) is 0 Å². The molecule has 2 N–H and O–H groups in total. The van der Waals surface area contributed by atoms with Crippen molar-refractivity contribution in [3.05, 3.63) is 66.0 Å². The summed E-state index contributed by atoms with van der Waals surface area (Å²) >= 11 is 0. The molecule has 8 heteroatoms. The maximum absolute atomic E-state index is 13.0. The molecule has 218 valence electrons. The number of rotatable bonds is 17. The number of hydroxylamine groups is 1. The predicted molar refractivity (Wildman–Crippen MR) is 158 cm³/mol. The van der Waals surface area contributed by atoms with Gasteiger partial charge < -0.3 is 14.6 Å². The molecule has 3 rings (SSSR count). The van der Waals surface area contributed by atoms with Crippen LogP contribution in [0.15, 0.2) is 54.6 Å².